The predicted molar refractivity (Wildman–Crippen MR) is 72.8 cm³/mol. The van der Waals surface area contributed by atoms with Gasteiger partial charge in [-0.3, -0.25) is 4.79 Å². The van der Waals surface area contributed by atoms with Gasteiger partial charge in [0.2, 0.25) is 0 Å². The summed E-state index contributed by atoms with van der Waals surface area (Å²) in [5.41, 5.74) is 0.771. The van der Waals surface area contributed by atoms with Crippen molar-refractivity contribution in [3.05, 3.63) is 27.7 Å². The molecule has 0 radical (unpaired) electrons. The van der Waals surface area contributed by atoms with E-state index in [0.717, 1.165) is 10.0 Å². The molecule has 6 nitrogen and oxygen atoms in total. The molecule has 0 saturated heterocycles. The number of hydrogen-bond acceptors (Lipinski definition) is 4. The third-order valence-electron chi connectivity index (χ3n) is 2.46. The Hall–Kier alpha value is -1.47. The van der Waals surface area contributed by atoms with E-state index in [2.05, 4.69) is 31.5 Å². The van der Waals surface area contributed by atoms with Crippen LogP contribution in [0, 0.1) is 0 Å². The number of carboxylic acids is 1. The topological polar surface area (TPSA) is 80.9 Å². The van der Waals surface area contributed by atoms with Crippen LogP contribution in [-0.2, 0) is 11.3 Å². The summed E-state index contributed by atoms with van der Waals surface area (Å²) < 4.78 is 2.39. The highest BCUT2D eigenvalue weighted by Gasteiger charge is 2.13. The lowest BCUT2D eigenvalue weighted by Gasteiger charge is -2.06. The summed E-state index contributed by atoms with van der Waals surface area (Å²) in [5.74, 6) is -0.279. The van der Waals surface area contributed by atoms with Crippen LogP contribution in [0.2, 0.25) is 5.02 Å². The highest BCUT2D eigenvalue weighted by Crippen LogP contribution is 2.29. The second-order valence-corrected chi connectivity index (χ2v) is 5.14. The molecule has 0 aliphatic heterocycles. The van der Waals surface area contributed by atoms with Crippen LogP contribution in [-0.4, -0.2) is 31.3 Å². The highest BCUT2D eigenvalue weighted by molar-refractivity contribution is 9.10. The molecule has 0 bridgehead atoms. The lowest BCUT2D eigenvalue weighted by molar-refractivity contribution is -0.137. The van der Waals surface area contributed by atoms with Crippen LogP contribution in [0.25, 0.3) is 11.4 Å². The van der Waals surface area contributed by atoms with E-state index in [1.54, 1.807) is 16.8 Å². The SMILES string of the molecule is O=C(O)CCCn1nnnc1-c1cc(Cl)ccc1Br. The Morgan fingerprint density at radius 1 is 1.47 bits per heavy atom. The lowest BCUT2D eigenvalue weighted by Crippen LogP contribution is -2.05. The van der Waals surface area contributed by atoms with E-state index in [1.807, 2.05) is 6.07 Å². The van der Waals surface area contributed by atoms with Crippen molar-refractivity contribution < 1.29 is 9.90 Å². The molecule has 0 aliphatic rings. The first-order valence-corrected chi connectivity index (χ1v) is 6.68. The molecule has 0 unspecified atom stereocenters. The molecule has 100 valence electrons. The summed E-state index contributed by atoms with van der Waals surface area (Å²) in [6, 6.07) is 5.33. The first-order valence-electron chi connectivity index (χ1n) is 5.51. The molecule has 1 aromatic carbocycles. The molecule has 0 spiro atoms. The minimum Gasteiger partial charge on any atom is -0.481 e. The Labute approximate surface area is 122 Å². The zero-order valence-electron chi connectivity index (χ0n) is 9.75. The maximum Gasteiger partial charge on any atom is 0.303 e. The van der Waals surface area contributed by atoms with Crippen molar-refractivity contribution in [3.8, 4) is 11.4 Å². The van der Waals surface area contributed by atoms with Crippen molar-refractivity contribution >= 4 is 33.5 Å². The molecule has 0 amide bonds. The number of halogens is 2. The van der Waals surface area contributed by atoms with Gasteiger partial charge in [-0.15, -0.1) is 5.10 Å². The fourth-order valence-corrected chi connectivity index (χ4v) is 2.19. The van der Waals surface area contributed by atoms with Gasteiger partial charge in [0.25, 0.3) is 0 Å². The number of hydrogen-bond donors (Lipinski definition) is 1. The van der Waals surface area contributed by atoms with E-state index in [-0.39, 0.29) is 6.42 Å². The molecule has 8 heteroatoms. The van der Waals surface area contributed by atoms with Crippen molar-refractivity contribution in [2.24, 2.45) is 0 Å². The molecule has 2 rings (SSSR count). The van der Waals surface area contributed by atoms with Gasteiger partial charge in [-0.25, -0.2) is 4.68 Å². The maximum absolute atomic E-state index is 10.5. The number of tetrazole rings is 1. The monoisotopic (exact) mass is 344 g/mol. The summed E-state index contributed by atoms with van der Waals surface area (Å²) in [7, 11) is 0. The van der Waals surface area contributed by atoms with Crippen LogP contribution in [0.4, 0.5) is 0 Å². The molecule has 0 atom stereocenters. The number of aromatic nitrogens is 4. The zero-order valence-corrected chi connectivity index (χ0v) is 12.1. The molecule has 0 aliphatic carbocycles. The molecule has 1 heterocycles. The van der Waals surface area contributed by atoms with Crippen LogP contribution in [0.1, 0.15) is 12.8 Å². The molecule has 1 N–H and O–H groups in total. The van der Waals surface area contributed by atoms with Gasteiger partial charge in [0, 0.05) is 28.0 Å². The molecule has 19 heavy (non-hydrogen) atoms. The van der Waals surface area contributed by atoms with E-state index in [4.69, 9.17) is 16.7 Å². The van der Waals surface area contributed by atoms with Crippen LogP contribution in [0.3, 0.4) is 0 Å². The summed E-state index contributed by atoms with van der Waals surface area (Å²) in [5, 5.41) is 20.6. The van der Waals surface area contributed by atoms with Gasteiger partial charge in [-0.05, 0) is 35.0 Å². The van der Waals surface area contributed by atoms with Gasteiger partial charge in [-0.1, -0.05) is 27.5 Å². The van der Waals surface area contributed by atoms with E-state index in [9.17, 15) is 4.79 Å². The third kappa shape index (κ3) is 3.51. The van der Waals surface area contributed by atoms with Gasteiger partial charge in [0.05, 0.1) is 0 Å². The van der Waals surface area contributed by atoms with Crippen molar-refractivity contribution in [2.45, 2.75) is 19.4 Å². The minimum atomic E-state index is -0.835. The fraction of sp³-hybridized carbons (Fsp3) is 0.273. The van der Waals surface area contributed by atoms with Gasteiger partial charge in [0.1, 0.15) is 0 Å². The van der Waals surface area contributed by atoms with Crippen LogP contribution >= 0.6 is 27.5 Å². The third-order valence-corrected chi connectivity index (χ3v) is 3.39. The number of benzene rings is 1. The number of aliphatic carboxylic acids is 1. The van der Waals surface area contributed by atoms with Gasteiger partial charge in [0.15, 0.2) is 5.82 Å². The van der Waals surface area contributed by atoms with E-state index in [1.165, 1.54) is 0 Å². The summed E-state index contributed by atoms with van der Waals surface area (Å²) >= 11 is 9.37. The largest absolute Gasteiger partial charge is 0.481 e. The Bertz CT molecular complexity index is 602. The number of carbonyl (C=O) groups is 1. The molecule has 1 aromatic heterocycles. The highest BCUT2D eigenvalue weighted by atomic mass is 79.9. The Balaban J connectivity index is 2.23. The second-order valence-electron chi connectivity index (χ2n) is 3.85. The number of carboxylic acid groups (broad SMARTS) is 1. The van der Waals surface area contributed by atoms with Gasteiger partial charge < -0.3 is 5.11 Å². The Morgan fingerprint density at radius 3 is 3.00 bits per heavy atom. The van der Waals surface area contributed by atoms with Crippen molar-refractivity contribution in [1.29, 1.82) is 0 Å². The lowest BCUT2D eigenvalue weighted by atomic mass is 10.2. The average molecular weight is 346 g/mol. The number of rotatable bonds is 5. The second kappa shape index (κ2) is 6.12. The van der Waals surface area contributed by atoms with Crippen LogP contribution < -0.4 is 0 Å². The van der Waals surface area contributed by atoms with Crippen LogP contribution in [0.5, 0.6) is 0 Å². The molecule has 0 fully saturated rings. The smallest absolute Gasteiger partial charge is 0.303 e. The fourth-order valence-electron chi connectivity index (χ4n) is 1.60. The average Bonchev–Trinajstić information content (AvgIpc) is 2.80. The predicted octanol–water partition coefficient (Wildman–Crippen LogP) is 2.62. The molecular weight excluding hydrogens is 336 g/mol. The number of nitrogens with zero attached hydrogens (tertiary/aromatic N) is 4. The minimum absolute atomic E-state index is 0.0794. The van der Waals surface area contributed by atoms with Gasteiger partial charge in [-0.2, -0.15) is 0 Å². The Kier molecular flexibility index (Phi) is 4.49. The molecular formula is C11H10BrClN4O2. The van der Waals surface area contributed by atoms with Crippen molar-refractivity contribution in [1.82, 2.24) is 20.2 Å². The molecule has 0 saturated carbocycles. The Morgan fingerprint density at radius 2 is 2.26 bits per heavy atom. The quantitative estimate of drug-likeness (QED) is 0.901. The first-order chi connectivity index (χ1) is 9.08. The zero-order chi connectivity index (χ0) is 13.8. The van der Waals surface area contributed by atoms with E-state index >= 15 is 0 Å². The number of aryl methyl sites for hydroxylation is 1. The van der Waals surface area contributed by atoms with Gasteiger partial charge >= 0.3 is 5.97 Å². The molecule has 2 aromatic rings. The van der Waals surface area contributed by atoms with E-state index in [0.29, 0.717) is 23.8 Å². The van der Waals surface area contributed by atoms with Crippen LogP contribution in [0.15, 0.2) is 22.7 Å². The normalized spacial score (nSPS) is 10.6. The first kappa shape index (κ1) is 14.0. The summed E-state index contributed by atoms with van der Waals surface area (Å²) in [4.78, 5) is 10.5. The standard InChI is InChI=1S/C11H10BrClN4O2/c12-9-4-3-7(13)6-8(9)11-14-15-16-17(11)5-1-2-10(18)19/h3-4,6H,1-2,5H2,(H,18,19). The maximum atomic E-state index is 10.5. The summed E-state index contributed by atoms with van der Waals surface area (Å²) in [6.07, 6.45) is 0.543. The van der Waals surface area contributed by atoms with E-state index < -0.39 is 5.97 Å². The summed E-state index contributed by atoms with van der Waals surface area (Å²) in [6.45, 7) is 0.438. The van der Waals surface area contributed by atoms with Crippen molar-refractivity contribution in [2.75, 3.05) is 0 Å². The van der Waals surface area contributed by atoms with Crippen molar-refractivity contribution in [3.63, 3.8) is 0 Å².